The maximum Gasteiger partial charge on any atom is 0.0462 e. The Morgan fingerprint density at radius 2 is 0.850 bits per heavy atom. The first-order valence-corrected chi connectivity index (χ1v) is 22.1. The lowest BCUT2D eigenvalue weighted by molar-refractivity contribution is 0.414. The summed E-state index contributed by atoms with van der Waals surface area (Å²) in [5, 5.41) is 7.66. The first-order chi connectivity index (χ1) is 29.5. The van der Waals surface area contributed by atoms with Crippen molar-refractivity contribution in [2.45, 2.75) is 71.6 Å². The van der Waals surface area contributed by atoms with Crippen molar-refractivity contribution in [1.29, 1.82) is 0 Å². The summed E-state index contributed by atoms with van der Waals surface area (Å²) in [7, 11) is 0. The minimum absolute atomic E-state index is 0.0708. The van der Waals surface area contributed by atoms with Crippen LogP contribution in [-0.2, 0) is 5.41 Å². The zero-order valence-corrected chi connectivity index (χ0v) is 35.4. The van der Waals surface area contributed by atoms with Crippen molar-refractivity contribution in [2.75, 3.05) is 4.90 Å². The summed E-state index contributed by atoms with van der Waals surface area (Å²) >= 11 is 0. The van der Waals surface area contributed by atoms with Crippen LogP contribution in [0.3, 0.4) is 0 Å². The Hall–Kier alpha value is -6.44. The summed E-state index contributed by atoms with van der Waals surface area (Å²) < 4.78 is 0. The van der Waals surface area contributed by atoms with E-state index in [0.717, 1.165) is 17.1 Å². The Morgan fingerprint density at radius 1 is 0.400 bits per heavy atom. The molecule has 0 fully saturated rings. The standard InChI is InChI=1S/C59H53N/c1-5-7-35-59(36-8-6-2)55-20-14-13-17-49(55)52-39-45(27-34-56(52)59)58-51-19-12-11-18-50(51)57(53-37-43-15-9-10-16-44(43)38-54(53)58)42-25-32-48(33-26-42)60(46-28-21-40(3)22-29-46)47-30-23-41(4)24-31-47/h9-34,37-39H,5-8,35-36H2,1-4H3. The van der Waals surface area contributed by atoms with Crippen molar-refractivity contribution in [3.8, 4) is 33.4 Å². The summed E-state index contributed by atoms with van der Waals surface area (Å²) in [4.78, 5) is 2.36. The first kappa shape index (κ1) is 37.8. The van der Waals surface area contributed by atoms with E-state index in [2.05, 4.69) is 209 Å². The van der Waals surface area contributed by atoms with Crippen LogP contribution in [0.25, 0.3) is 65.7 Å². The SMILES string of the molecule is CCCCC1(CCCC)c2ccccc2-c2cc(-c3c4ccccc4c(-c4ccc(N(c5ccc(C)cc5)c5ccc(C)cc5)cc4)c4cc5ccccc5cc34)ccc21. The van der Waals surface area contributed by atoms with Crippen molar-refractivity contribution in [3.63, 3.8) is 0 Å². The lowest BCUT2D eigenvalue weighted by atomic mass is 9.70. The van der Waals surface area contributed by atoms with Gasteiger partial charge in [-0.1, -0.05) is 172 Å². The topological polar surface area (TPSA) is 3.24 Å². The van der Waals surface area contributed by atoms with Crippen molar-refractivity contribution in [3.05, 3.63) is 198 Å². The minimum atomic E-state index is 0.0708. The third-order valence-electron chi connectivity index (χ3n) is 13.4. The van der Waals surface area contributed by atoms with E-state index in [1.54, 1.807) is 0 Å². The summed E-state index contributed by atoms with van der Waals surface area (Å²) in [6.07, 6.45) is 7.29. The molecule has 0 bridgehead atoms. The van der Waals surface area contributed by atoms with Crippen LogP contribution in [0.1, 0.15) is 74.6 Å². The fraction of sp³-hybridized carbons (Fsp3) is 0.186. The highest BCUT2D eigenvalue weighted by molar-refractivity contribution is 6.23. The van der Waals surface area contributed by atoms with Crippen LogP contribution in [0.4, 0.5) is 17.1 Å². The average molecular weight is 776 g/mol. The van der Waals surface area contributed by atoms with Gasteiger partial charge in [-0.05, 0) is 158 Å². The van der Waals surface area contributed by atoms with Crippen LogP contribution < -0.4 is 4.90 Å². The second kappa shape index (κ2) is 15.6. The van der Waals surface area contributed by atoms with E-state index in [4.69, 9.17) is 0 Å². The number of anilines is 3. The van der Waals surface area contributed by atoms with Gasteiger partial charge in [0.1, 0.15) is 0 Å². The van der Waals surface area contributed by atoms with Crippen LogP contribution in [0.15, 0.2) is 176 Å². The minimum Gasteiger partial charge on any atom is -0.311 e. The van der Waals surface area contributed by atoms with E-state index in [-0.39, 0.29) is 5.41 Å². The van der Waals surface area contributed by atoms with Crippen LogP contribution in [0.5, 0.6) is 0 Å². The number of rotatable bonds is 11. The molecule has 10 rings (SSSR count). The van der Waals surface area contributed by atoms with Crippen LogP contribution in [0, 0.1) is 13.8 Å². The number of hydrogen-bond acceptors (Lipinski definition) is 1. The Morgan fingerprint density at radius 3 is 1.40 bits per heavy atom. The second-order valence-corrected chi connectivity index (χ2v) is 17.2. The lowest BCUT2D eigenvalue weighted by Crippen LogP contribution is -2.25. The molecule has 0 aliphatic heterocycles. The van der Waals surface area contributed by atoms with Gasteiger partial charge in [-0.2, -0.15) is 0 Å². The molecule has 0 saturated heterocycles. The predicted molar refractivity (Wildman–Crippen MR) is 259 cm³/mol. The number of hydrogen-bond donors (Lipinski definition) is 0. The summed E-state index contributed by atoms with van der Waals surface area (Å²) in [5.41, 5.74) is 17.0. The molecule has 0 saturated carbocycles. The van der Waals surface area contributed by atoms with E-state index < -0.39 is 0 Å². The smallest absolute Gasteiger partial charge is 0.0462 e. The molecule has 0 atom stereocenters. The molecule has 0 amide bonds. The molecule has 60 heavy (non-hydrogen) atoms. The maximum absolute atomic E-state index is 2.55. The quantitative estimate of drug-likeness (QED) is 0.118. The van der Waals surface area contributed by atoms with Gasteiger partial charge in [0.2, 0.25) is 0 Å². The highest BCUT2D eigenvalue weighted by Crippen LogP contribution is 2.56. The van der Waals surface area contributed by atoms with E-state index in [1.165, 1.54) is 126 Å². The monoisotopic (exact) mass is 775 g/mol. The predicted octanol–water partition coefficient (Wildman–Crippen LogP) is 17.2. The van der Waals surface area contributed by atoms with Gasteiger partial charge in [-0.15, -0.1) is 0 Å². The van der Waals surface area contributed by atoms with E-state index in [9.17, 15) is 0 Å². The normalized spacial score (nSPS) is 12.9. The zero-order valence-electron chi connectivity index (χ0n) is 35.4. The molecular weight excluding hydrogens is 723 g/mol. The Labute approximate surface area is 356 Å². The van der Waals surface area contributed by atoms with E-state index >= 15 is 0 Å². The molecule has 0 radical (unpaired) electrons. The molecule has 1 nitrogen and oxygen atoms in total. The molecule has 0 unspecified atom stereocenters. The summed E-state index contributed by atoms with van der Waals surface area (Å²) in [6, 6.07) is 66.6. The molecule has 9 aromatic rings. The molecule has 9 aromatic carbocycles. The van der Waals surface area contributed by atoms with Gasteiger partial charge in [0.05, 0.1) is 0 Å². The van der Waals surface area contributed by atoms with Gasteiger partial charge in [0, 0.05) is 22.5 Å². The number of benzene rings is 9. The molecule has 294 valence electrons. The molecule has 1 heteroatoms. The van der Waals surface area contributed by atoms with Crippen LogP contribution in [-0.4, -0.2) is 0 Å². The molecule has 0 heterocycles. The number of aryl methyl sites for hydroxylation is 2. The molecule has 0 spiro atoms. The molecule has 0 N–H and O–H groups in total. The highest BCUT2D eigenvalue weighted by Gasteiger charge is 2.42. The molecule has 1 aliphatic carbocycles. The Bertz CT molecular complexity index is 2950. The van der Waals surface area contributed by atoms with Crippen molar-refractivity contribution < 1.29 is 0 Å². The summed E-state index contributed by atoms with van der Waals surface area (Å²) in [6.45, 7) is 8.97. The molecule has 0 aromatic heterocycles. The van der Waals surface area contributed by atoms with Gasteiger partial charge in [-0.3, -0.25) is 0 Å². The van der Waals surface area contributed by atoms with E-state index in [1.807, 2.05) is 0 Å². The second-order valence-electron chi connectivity index (χ2n) is 17.2. The summed E-state index contributed by atoms with van der Waals surface area (Å²) in [5.74, 6) is 0. The van der Waals surface area contributed by atoms with Gasteiger partial charge < -0.3 is 4.90 Å². The first-order valence-electron chi connectivity index (χ1n) is 22.1. The maximum atomic E-state index is 2.55. The number of nitrogens with zero attached hydrogens (tertiary/aromatic N) is 1. The van der Waals surface area contributed by atoms with Crippen molar-refractivity contribution in [2.24, 2.45) is 0 Å². The van der Waals surface area contributed by atoms with Crippen LogP contribution in [0.2, 0.25) is 0 Å². The fourth-order valence-corrected chi connectivity index (χ4v) is 10.3. The van der Waals surface area contributed by atoms with Gasteiger partial charge in [0.25, 0.3) is 0 Å². The van der Waals surface area contributed by atoms with Crippen LogP contribution >= 0.6 is 0 Å². The van der Waals surface area contributed by atoms with Gasteiger partial charge >= 0.3 is 0 Å². The fourth-order valence-electron chi connectivity index (χ4n) is 10.3. The third kappa shape index (κ3) is 6.40. The Balaban J connectivity index is 1.18. The highest BCUT2D eigenvalue weighted by atomic mass is 15.1. The zero-order chi connectivity index (χ0) is 40.8. The number of unbranched alkanes of at least 4 members (excludes halogenated alkanes) is 2. The van der Waals surface area contributed by atoms with Crippen molar-refractivity contribution in [1.82, 2.24) is 0 Å². The number of fused-ring (bicyclic) bond motifs is 6. The molecular formula is C59H53N. The molecule has 1 aliphatic rings. The van der Waals surface area contributed by atoms with Crippen molar-refractivity contribution >= 4 is 49.4 Å². The Kier molecular flexibility index (Phi) is 9.85. The van der Waals surface area contributed by atoms with Gasteiger partial charge in [-0.25, -0.2) is 0 Å². The van der Waals surface area contributed by atoms with Gasteiger partial charge in [0.15, 0.2) is 0 Å². The third-order valence-corrected chi connectivity index (χ3v) is 13.4. The average Bonchev–Trinajstić information content (AvgIpc) is 3.56. The largest absolute Gasteiger partial charge is 0.311 e. The van der Waals surface area contributed by atoms with E-state index in [0.29, 0.717) is 0 Å². The lowest BCUT2D eigenvalue weighted by Gasteiger charge is -2.32.